The summed E-state index contributed by atoms with van der Waals surface area (Å²) in [6.45, 7) is 3.75. The van der Waals surface area contributed by atoms with Gasteiger partial charge in [0, 0.05) is 38.4 Å². The number of aromatic nitrogens is 1. The van der Waals surface area contributed by atoms with Crippen LogP contribution < -0.4 is 5.32 Å². The lowest BCUT2D eigenvalue weighted by Crippen LogP contribution is -2.45. The molecule has 3 atom stereocenters. The number of nitrogens with zero attached hydrogens (tertiary/aromatic N) is 4. The van der Waals surface area contributed by atoms with E-state index in [4.69, 9.17) is 5.26 Å². The van der Waals surface area contributed by atoms with Gasteiger partial charge in [-0.2, -0.15) is 5.26 Å². The van der Waals surface area contributed by atoms with Crippen LogP contribution in [0.5, 0.6) is 0 Å². The first-order valence-corrected chi connectivity index (χ1v) is 10.0. The normalized spacial score (nSPS) is 27.4. The molecule has 3 fully saturated rings. The van der Waals surface area contributed by atoms with Gasteiger partial charge in [-0.1, -0.05) is 0 Å². The van der Waals surface area contributed by atoms with Crippen LogP contribution in [0.2, 0.25) is 0 Å². The number of rotatable bonds is 3. The van der Waals surface area contributed by atoms with E-state index in [1.54, 1.807) is 18.3 Å². The molecule has 3 heterocycles. The average Bonchev–Trinajstić information content (AvgIpc) is 3.40. The SMILES string of the molecule is N#Cc1cccn1C(=O)CNC1C[C@@H]2CN(C(=O)N3CCCCC3)C[C@@H]2C1. The fourth-order valence-electron chi connectivity index (χ4n) is 4.91. The number of fused-ring (bicyclic) bond motifs is 1. The Balaban J connectivity index is 1.25. The molecule has 2 amide bonds. The van der Waals surface area contributed by atoms with Crippen LogP contribution in [0.3, 0.4) is 0 Å². The Kier molecular flexibility index (Phi) is 5.17. The standard InChI is InChI=1S/C20H27N5O2/c21-11-18-5-4-8-25(18)19(26)12-22-17-9-15-13-24(14-16(15)10-17)20(27)23-6-2-1-3-7-23/h4-5,8,15-17,22H,1-3,6-7,9-10,12-14H2/t15-,16+,17?. The first-order chi connectivity index (χ1) is 13.2. The van der Waals surface area contributed by atoms with Crippen molar-refractivity contribution in [2.24, 2.45) is 11.8 Å². The van der Waals surface area contributed by atoms with Crippen LogP contribution in [0.25, 0.3) is 0 Å². The summed E-state index contributed by atoms with van der Waals surface area (Å²) < 4.78 is 1.40. The molecule has 0 aromatic carbocycles. The van der Waals surface area contributed by atoms with Gasteiger partial charge in [-0.25, -0.2) is 4.79 Å². The first kappa shape index (κ1) is 18.1. The second kappa shape index (κ2) is 7.73. The van der Waals surface area contributed by atoms with Crippen LogP contribution in [-0.4, -0.2) is 65.1 Å². The number of carbonyl (C=O) groups is 2. The maximum Gasteiger partial charge on any atom is 0.320 e. The van der Waals surface area contributed by atoms with Crippen LogP contribution in [0.1, 0.15) is 42.6 Å². The molecule has 27 heavy (non-hydrogen) atoms. The zero-order valence-electron chi connectivity index (χ0n) is 15.6. The summed E-state index contributed by atoms with van der Waals surface area (Å²) in [5, 5.41) is 12.4. The summed E-state index contributed by atoms with van der Waals surface area (Å²) >= 11 is 0. The Morgan fingerprint density at radius 3 is 2.48 bits per heavy atom. The predicted octanol–water partition coefficient (Wildman–Crippen LogP) is 1.91. The molecule has 7 heteroatoms. The van der Waals surface area contributed by atoms with Crippen molar-refractivity contribution in [1.82, 2.24) is 19.7 Å². The number of nitriles is 1. The molecular formula is C20H27N5O2. The van der Waals surface area contributed by atoms with E-state index in [2.05, 4.69) is 5.32 Å². The van der Waals surface area contributed by atoms with Gasteiger partial charge in [-0.15, -0.1) is 0 Å². The van der Waals surface area contributed by atoms with Crippen molar-refractivity contribution in [2.75, 3.05) is 32.7 Å². The number of urea groups is 1. The Bertz CT molecular complexity index is 732. The minimum absolute atomic E-state index is 0.101. The van der Waals surface area contributed by atoms with E-state index in [1.807, 2.05) is 15.9 Å². The molecular weight excluding hydrogens is 342 g/mol. The number of carbonyl (C=O) groups excluding carboxylic acids is 2. The fourth-order valence-corrected chi connectivity index (χ4v) is 4.91. The van der Waals surface area contributed by atoms with E-state index in [0.29, 0.717) is 23.6 Å². The molecule has 3 aliphatic rings. The molecule has 1 aromatic heterocycles. The van der Waals surface area contributed by atoms with Gasteiger partial charge in [0.15, 0.2) is 0 Å². The number of piperidine rings is 1. The molecule has 144 valence electrons. The number of nitrogens with one attached hydrogen (secondary N) is 1. The second-order valence-corrected chi connectivity index (χ2v) is 8.07. The van der Waals surface area contributed by atoms with E-state index in [-0.39, 0.29) is 18.5 Å². The molecule has 1 aromatic rings. The molecule has 7 nitrogen and oxygen atoms in total. The van der Waals surface area contributed by atoms with Gasteiger partial charge in [-0.05, 0) is 56.1 Å². The third-order valence-corrected chi connectivity index (χ3v) is 6.32. The van der Waals surface area contributed by atoms with Crippen LogP contribution in [0, 0.1) is 23.2 Å². The highest BCUT2D eigenvalue weighted by atomic mass is 16.2. The van der Waals surface area contributed by atoms with Gasteiger partial charge in [0.2, 0.25) is 5.91 Å². The number of hydrogen-bond donors (Lipinski definition) is 1. The van der Waals surface area contributed by atoms with Crippen LogP contribution in [0.15, 0.2) is 18.3 Å². The lowest BCUT2D eigenvalue weighted by atomic mass is 10.0. The molecule has 2 aliphatic heterocycles. The Morgan fingerprint density at radius 2 is 1.81 bits per heavy atom. The topological polar surface area (TPSA) is 81.4 Å². The molecule has 0 bridgehead atoms. The Labute approximate surface area is 159 Å². The molecule has 0 radical (unpaired) electrons. The highest BCUT2D eigenvalue weighted by Crippen LogP contribution is 2.38. The lowest BCUT2D eigenvalue weighted by Gasteiger charge is -2.31. The zero-order chi connectivity index (χ0) is 18.8. The van der Waals surface area contributed by atoms with Gasteiger partial charge in [-0.3, -0.25) is 9.36 Å². The third-order valence-electron chi connectivity index (χ3n) is 6.32. The van der Waals surface area contributed by atoms with Gasteiger partial charge in [0.1, 0.15) is 11.8 Å². The van der Waals surface area contributed by atoms with Crippen LogP contribution in [-0.2, 0) is 0 Å². The molecule has 1 aliphatic carbocycles. The number of amides is 2. The van der Waals surface area contributed by atoms with Crippen molar-refractivity contribution >= 4 is 11.9 Å². The predicted molar refractivity (Wildman–Crippen MR) is 100 cm³/mol. The summed E-state index contributed by atoms with van der Waals surface area (Å²) in [7, 11) is 0. The lowest BCUT2D eigenvalue weighted by molar-refractivity contribution is 0.0907. The minimum Gasteiger partial charge on any atom is -0.325 e. The molecule has 0 spiro atoms. The summed E-state index contributed by atoms with van der Waals surface area (Å²) in [4.78, 5) is 29.0. The number of hydrogen-bond acceptors (Lipinski definition) is 4. The fraction of sp³-hybridized carbons (Fsp3) is 0.650. The average molecular weight is 369 g/mol. The highest BCUT2D eigenvalue weighted by molar-refractivity contribution is 5.82. The van der Waals surface area contributed by atoms with Crippen molar-refractivity contribution in [3.8, 4) is 6.07 Å². The Morgan fingerprint density at radius 1 is 1.11 bits per heavy atom. The monoisotopic (exact) mass is 369 g/mol. The van der Waals surface area contributed by atoms with Gasteiger partial charge in [0.25, 0.3) is 0 Å². The first-order valence-electron chi connectivity index (χ1n) is 10.0. The molecule has 1 N–H and O–H groups in total. The van der Waals surface area contributed by atoms with Crippen LogP contribution >= 0.6 is 0 Å². The second-order valence-electron chi connectivity index (χ2n) is 8.07. The summed E-state index contributed by atoms with van der Waals surface area (Å²) in [5.74, 6) is 0.968. The number of likely N-dealkylation sites (tertiary alicyclic amines) is 2. The van der Waals surface area contributed by atoms with Gasteiger partial charge in [0.05, 0.1) is 6.54 Å². The van der Waals surface area contributed by atoms with E-state index in [1.165, 1.54) is 11.0 Å². The maximum atomic E-state index is 12.7. The summed E-state index contributed by atoms with van der Waals surface area (Å²) in [6.07, 6.45) is 7.15. The van der Waals surface area contributed by atoms with E-state index < -0.39 is 0 Å². The molecule has 1 saturated carbocycles. The van der Waals surface area contributed by atoms with Crippen LogP contribution in [0.4, 0.5) is 4.79 Å². The van der Waals surface area contributed by atoms with Crippen molar-refractivity contribution in [3.05, 3.63) is 24.0 Å². The largest absolute Gasteiger partial charge is 0.325 e. The summed E-state index contributed by atoms with van der Waals surface area (Å²) in [5.41, 5.74) is 0.372. The quantitative estimate of drug-likeness (QED) is 0.882. The molecule has 4 rings (SSSR count). The summed E-state index contributed by atoms with van der Waals surface area (Å²) in [6, 6.07) is 5.93. The van der Waals surface area contributed by atoms with E-state index in [9.17, 15) is 9.59 Å². The third kappa shape index (κ3) is 3.72. The van der Waals surface area contributed by atoms with Crippen molar-refractivity contribution < 1.29 is 9.59 Å². The maximum absolute atomic E-state index is 12.7. The van der Waals surface area contributed by atoms with E-state index in [0.717, 1.165) is 51.9 Å². The smallest absolute Gasteiger partial charge is 0.320 e. The van der Waals surface area contributed by atoms with Gasteiger partial charge < -0.3 is 15.1 Å². The highest BCUT2D eigenvalue weighted by Gasteiger charge is 2.43. The molecule has 1 unspecified atom stereocenters. The van der Waals surface area contributed by atoms with Crippen molar-refractivity contribution in [1.29, 1.82) is 5.26 Å². The van der Waals surface area contributed by atoms with E-state index >= 15 is 0 Å². The zero-order valence-corrected chi connectivity index (χ0v) is 15.6. The molecule has 2 saturated heterocycles. The van der Waals surface area contributed by atoms with Crippen molar-refractivity contribution in [2.45, 2.75) is 38.1 Å². The Hall–Kier alpha value is -2.33. The van der Waals surface area contributed by atoms with Gasteiger partial charge >= 0.3 is 6.03 Å². The minimum atomic E-state index is -0.101. The van der Waals surface area contributed by atoms with Crippen molar-refractivity contribution in [3.63, 3.8) is 0 Å².